The minimum absolute atomic E-state index is 0.127. The van der Waals surface area contributed by atoms with Crippen molar-refractivity contribution in [2.24, 2.45) is 11.8 Å². The molecule has 3 aromatic carbocycles. The van der Waals surface area contributed by atoms with Crippen LogP contribution in [0.5, 0.6) is 0 Å². The van der Waals surface area contributed by atoms with Gasteiger partial charge in [-0.2, -0.15) is 0 Å². The number of benzene rings is 3. The Morgan fingerprint density at radius 3 is 2.20 bits per heavy atom. The zero-order valence-corrected chi connectivity index (χ0v) is 22.0. The molecular formula is C31H29N3O6. The van der Waals surface area contributed by atoms with E-state index in [1.165, 1.54) is 29.5 Å². The lowest BCUT2D eigenvalue weighted by Crippen LogP contribution is -2.31. The van der Waals surface area contributed by atoms with Gasteiger partial charge in [0.25, 0.3) is 5.91 Å². The van der Waals surface area contributed by atoms with Crippen molar-refractivity contribution in [3.8, 4) is 0 Å². The highest BCUT2D eigenvalue weighted by Crippen LogP contribution is 2.45. The van der Waals surface area contributed by atoms with Crippen molar-refractivity contribution in [1.82, 2.24) is 0 Å². The van der Waals surface area contributed by atoms with Gasteiger partial charge in [-0.1, -0.05) is 36.4 Å². The third-order valence-corrected chi connectivity index (χ3v) is 7.36. The number of hydrogen-bond acceptors (Lipinski definition) is 6. The number of hydrogen-bond donors (Lipinski definition) is 2. The molecule has 9 heteroatoms. The van der Waals surface area contributed by atoms with Gasteiger partial charge in [0.1, 0.15) is 0 Å². The highest BCUT2D eigenvalue weighted by atomic mass is 16.5. The number of ether oxygens (including phenoxy) is 1. The molecule has 3 atom stereocenters. The summed E-state index contributed by atoms with van der Waals surface area (Å²) >= 11 is 0. The molecule has 0 unspecified atom stereocenters. The standard InChI is InChI=1S/C31H29N3O6/c1-19(35)32-23-11-13-24(14-12-23)33-28(36)18-40-31(39)22-8-5-9-25(16-22)34-29(37)26-15-10-21(17-27(26)30(34)38)20-6-3-2-4-7-20/h2-9,11-14,16,21,26-27H,10,15,17-18H2,1H3,(H,32,35)(H,33,36)/t21-,26-,27+/m1/s1. The first-order valence-corrected chi connectivity index (χ1v) is 13.2. The number of rotatable bonds is 7. The van der Waals surface area contributed by atoms with Crippen molar-refractivity contribution >= 4 is 46.7 Å². The summed E-state index contributed by atoms with van der Waals surface area (Å²) in [5.74, 6) is -2.52. The molecule has 9 nitrogen and oxygen atoms in total. The molecule has 2 N–H and O–H groups in total. The number of anilines is 3. The van der Waals surface area contributed by atoms with Gasteiger partial charge in [-0.25, -0.2) is 4.79 Å². The fraction of sp³-hybridized carbons (Fsp3) is 0.258. The van der Waals surface area contributed by atoms with Crippen LogP contribution in [0, 0.1) is 11.8 Å². The molecule has 5 rings (SSSR count). The molecule has 0 spiro atoms. The van der Waals surface area contributed by atoms with E-state index in [1.54, 1.807) is 36.4 Å². The van der Waals surface area contributed by atoms with E-state index in [0.29, 0.717) is 29.9 Å². The maximum atomic E-state index is 13.4. The molecule has 2 fully saturated rings. The molecule has 204 valence electrons. The van der Waals surface area contributed by atoms with Gasteiger partial charge >= 0.3 is 5.97 Å². The predicted octanol–water partition coefficient (Wildman–Crippen LogP) is 4.51. The van der Waals surface area contributed by atoms with Crippen LogP contribution >= 0.6 is 0 Å². The average molecular weight is 540 g/mol. The van der Waals surface area contributed by atoms with Crippen LogP contribution in [-0.2, 0) is 23.9 Å². The smallest absolute Gasteiger partial charge is 0.338 e. The fourth-order valence-corrected chi connectivity index (χ4v) is 5.49. The van der Waals surface area contributed by atoms with E-state index in [0.717, 1.165) is 6.42 Å². The molecule has 1 saturated carbocycles. The van der Waals surface area contributed by atoms with Crippen LogP contribution < -0.4 is 15.5 Å². The minimum atomic E-state index is -0.751. The maximum absolute atomic E-state index is 13.4. The van der Waals surface area contributed by atoms with Crippen molar-refractivity contribution in [2.75, 3.05) is 22.1 Å². The Morgan fingerprint density at radius 1 is 0.825 bits per heavy atom. The highest BCUT2D eigenvalue weighted by molar-refractivity contribution is 6.22. The second-order valence-corrected chi connectivity index (χ2v) is 10.1. The lowest BCUT2D eigenvalue weighted by molar-refractivity contribution is -0.122. The summed E-state index contributed by atoms with van der Waals surface area (Å²) < 4.78 is 5.17. The Balaban J connectivity index is 1.20. The molecule has 1 saturated heterocycles. The Labute approximate surface area is 231 Å². The maximum Gasteiger partial charge on any atom is 0.338 e. The second kappa shape index (κ2) is 11.5. The molecule has 1 heterocycles. The minimum Gasteiger partial charge on any atom is -0.452 e. The van der Waals surface area contributed by atoms with Gasteiger partial charge in [-0.3, -0.25) is 24.1 Å². The van der Waals surface area contributed by atoms with E-state index in [2.05, 4.69) is 22.8 Å². The van der Waals surface area contributed by atoms with E-state index in [9.17, 15) is 24.0 Å². The summed E-state index contributed by atoms with van der Waals surface area (Å²) in [6.45, 7) is 0.872. The van der Waals surface area contributed by atoms with Crippen molar-refractivity contribution in [2.45, 2.75) is 32.1 Å². The van der Waals surface area contributed by atoms with Crippen LogP contribution in [0.2, 0.25) is 0 Å². The van der Waals surface area contributed by atoms with Gasteiger partial charge in [0, 0.05) is 18.3 Å². The molecular weight excluding hydrogens is 510 g/mol. The SMILES string of the molecule is CC(=O)Nc1ccc(NC(=O)COC(=O)c2cccc(N3C(=O)[C@H]4C[C@H](c5ccccc5)CC[C@H]4C3=O)c2)cc1. The molecule has 1 aliphatic carbocycles. The van der Waals surface area contributed by atoms with Crippen LogP contribution in [0.3, 0.4) is 0 Å². The Kier molecular flexibility index (Phi) is 7.72. The largest absolute Gasteiger partial charge is 0.452 e. The molecule has 4 amide bonds. The number of fused-ring (bicyclic) bond motifs is 1. The number of carbonyl (C=O) groups is 5. The third-order valence-electron chi connectivity index (χ3n) is 7.36. The quantitative estimate of drug-likeness (QED) is 0.337. The molecule has 0 bridgehead atoms. The van der Waals surface area contributed by atoms with Crippen LogP contribution in [0.4, 0.5) is 17.1 Å². The number of amides is 4. The van der Waals surface area contributed by atoms with E-state index in [4.69, 9.17) is 4.74 Å². The van der Waals surface area contributed by atoms with Crippen LogP contribution in [-0.4, -0.2) is 36.2 Å². The summed E-state index contributed by atoms with van der Waals surface area (Å²) in [5, 5.41) is 5.24. The normalized spacial score (nSPS) is 20.0. The van der Waals surface area contributed by atoms with Crippen molar-refractivity contribution < 1.29 is 28.7 Å². The number of esters is 1. The van der Waals surface area contributed by atoms with Gasteiger partial charge in [-0.15, -0.1) is 0 Å². The average Bonchev–Trinajstić information content (AvgIpc) is 3.21. The summed E-state index contributed by atoms with van der Waals surface area (Å²) in [7, 11) is 0. The molecule has 40 heavy (non-hydrogen) atoms. The molecule has 0 aromatic heterocycles. The van der Waals surface area contributed by atoms with Crippen LogP contribution in [0.25, 0.3) is 0 Å². The Morgan fingerprint density at radius 2 is 1.50 bits per heavy atom. The summed E-state index contributed by atoms with van der Waals surface area (Å²) in [6.07, 6.45) is 2.09. The van der Waals surface area contributed by atoms with Crippen molar-refractivity contribution in [1.29, 1.82) is 0 Å². The van der Waals surface area contributed by atoms with Gasteiger partial charge in [0.15, 0.2) is 6.61 Å². The fourth-order valence-electron chi connectivity index (χ4n) is 5.49. The highest BCUT2D eigenvalue weighted by Gasteiger charge is 2.50. The van der Waals surface area contributed by atoms with E-state index in [1.807, 2.05) is 18.2 Å². The Hall–Kier alpha value is -4.79. The van der Waals surface area contributed by atoms with Gasteiger partial charge in [-0.05, 0) is 73.2 Å². The van der Waals surface area contributed by atoms with Crippen LogP contribution in [0.1, 0.15) is 48.0 Å². The summed E-state index contributed by atoms with van der Waals surface area (Å²) in [5.41, 5.74) is 2.68. The molecule has 2 aliphatic rings. The van der Waals surface area contributed by atoms with Crippen molar-refractivity contribution in [3.05, 3.63) is 90.0 Å². The molecule has 0 radical (unpaired) electrons. The Bertz CT molecular complexity index is 1450. The number of nitrogens with zero attached hydrogens (tertiary/aromatic N) is 1. The lowest BCUT2D eigenvalue weighted by Gasteiger charge is -2.28. The summed E-state index contributed by atoms with van der Waals surface area (Å²) in [4.78, 5) is 63.9. The lowest BCUT2D eigenvalue weighted by atomic mass is 9.73. The number of imide groups is 1. The van der Waals surface area contributed by atoms with E-state index in [-0.39, 0.29) is 35.1 Å². The number of nitrogens with one attached hydrogen (secondary N) is 2. The zero-order valence-electron chi connectivity index (χ0n) is 22.0. The first-order valence-electron chi connectivity index (χ1n) is 13.2. The summed E-state index contributed by atoms with van der Waals surface area (Å²) in [6, 6.07) is 22.7. The monoisotopic (exact) mass is 539 g/mol. The van der Waals surface area contributed by atoms with Gasteiger partial charge in [0.05, 0.1) is 23.1 Å². The van der Waals surface area contributed by atoms with Gasteiger partial charge in [0.2, 0.25) is 17.7 Å². The first-order chi connectivity index (χ1) is 19.3. The van der Waals surface area contributed by atoms with E-state index < -0.39 is 24.4 Å². The predicted molar refractivity (Wildman–Crippen MR) is 149 cm³/mol. The van der Waals surface area contributed by atoms with Crippen LogP contribution in [0.15, 0.2) is 78.9 Å². The second-order valence-electron chi connectivity index (χ2n) is 10.1. The number of carbonyl (C=O) groups excluding carboxylic acids is 5. The first kappa shape index (κ1) is 26.8. The molecule has 1 aliphatic heterocycles. The van der Waals surface area contributed by atoms with Gasteiger partial charge < -0.3 is 15.4 Å². The molecule has 3 aromatic rings. The third kappa shape index (κ3) is 5.78. The topological polar surface area (TPSA) is 122 Å². The van der Waals surface area contributed by atoms with Crippen molar-refractivity contribution in [3.63, 3.8) is 0 Å². The van der Waals surface area contributed by atoms with E-state index >= 15 is 0 Å². The zero-order chi connectivity index (χ0) is 28.2.